The van der Waals surface area contributed by atoms with Gasteiger partial charge in [0.15, 0.2) is 0 Å². The maximum absolute atomic E-state index is 5.91. The van der Waals surface area contributed by atoms with Crippen LogP contribution in [0.25, 0.3) is 11.1 Å². The molecule has 0 aromatic heterocycles. The van der Waals surface area contributed by atoms with Gasteiger partial charge in [0, 0.05) is 0 Å². The van der Waals surface area contributed by atoms with E-state index in [9.17, 15) is 0 Å². The van der Waals surface area contributed by atoms with Crippen LogP contribution in [0.4, 0.5) is 0 Å². The van der Waals surface area contributed by atoms with Crippen LogP contribution in [0, 0.1) is 13.8 Å². The SMILES string of the molecule is C=CCOc1ccc(C2(c3ccc(OCC=C)c(C)c3)c3ccccc3-c3ccccc32)cc1C. The van der Waals surface area contributed by atoms with E-state index in [1.54, 1.807) is 12.2 Å². The Balaban J connectivity index is 1.80. The Kier molecular flexibility index (Phi) is 6.05. The number of aryl methyl sites for hydroxylation is 2. The molecule has 2 nitrogen and oxygen atoms in total. The van der Waals surface area contributed by atoms with Crippen molar-refractivity contribution < 1.29 is 9.47 Å². The van der Waals surface area contributed by atoms with Crippen molar-refractivity contribution in [2.45, 2.75) is 19.3 Å². The zero-order valence-electron chi connectivity index (χ0n) is 20.4. The molecule has 0 saturated heterocycles. The van der Waals surface area contributed by atoms with Crippen LogP contribution in [0.2, 0.25) is 0 Å². The molecular formula is C33H30O2. The number of benzene rings is 4. The van der Waals surface area contributed by atoms with Gasteiger partial charge in [0.1, 0.15) is 24.7 Å². The smallest absolute Gasteiger partial charge is 0.122 e. The van der Waals surface area contributed by atoms with Gasteiger partial charge >= 0.3 is 0 Å². The topological polar surface area (TPSA) is 18.5 Å². The normalized spacial score (nSPS) is 13.0. The number of fused-ring (bicyclic) bond motifs is 3. The fourth-order valence-corrected chi connectivity index (χ4v) is 5.41. The quantitative estimate of drug-likeness (QED) is 0.221. The molecule has 0 N–H and O–H groups in total. The third-order valence-electron chi connectivity index (χ3n) is 6.88. The molecule has 1 aliphatic carbocycles. The lowest BCUT2D eigenvalue weighted by atomic mass is 9.67. The van der Waals surface area contributed by atoms with Gasteiger partial charge in [-0.25, -0.2) is 0 Å². The van der Waals surface area contributed by atoms with E-state index in [-0.39, 0.29) is 0 Å². The summed E-state index contributed by atoms with van der Waals surface area (Å²) in [7, 11) is 0. The minimum absolute atomic E-state index is 0.448. The Morgan fingerprint density at radius 3 is 1.46 bits per heavy atom. The highest BCUT2D eigenvalue weighted by Crippen LogP contribution is 2.56. The molecule has 0 heterocycles. The Bertz CT molecular complexity index is 1300. The molecule has 0 atom stereocenters. The maximum atomic E-state index is 5.91. The fraction of sp³-hybridized carbons (Fsp3) is 0.152. The Morgan fingerprint density at radius 2 is 1.06 bits per heavy atom. The second-order valence-electron chi connectivity index (χ2n) is 9.00. The minimum atomic E-state index is -0.448. The van der Waals surface area contributed by atoms with Crippen LogP contribution in [0.3, 0.4) is 0 Å². The molecule has 1 aliphatic rings. The summed E-state index contributed by atoms with van der Waals surface area (Å²) in [5.41, 5.74) is 9.33. The molecule has 4 aromatic rings. The highest BCUT2D eigenvalue weighted by molar-refractivity contribution is 5.86. The van der Waals surface area contributed by atoms with E-state index in [0.717, 1.165) is 22.6 Å². The van der Waals surface area contributed by atoms with Gasteiger partial charge in [0.05, 0.1) is 5.41 Å². The van der Waals surface area contributed by atoms with E-state index in [4.69, 9.17) is 9.47 Å². The lowest BCUT2D eigenvalue weighted by Gasteiger charge is -2.34. The summed E-state index contributed by atoms with van der Waals surface area (Å²) >= 11 is 0. The summed E-state index contributed by atoms with van der Waals surface area (Å²) in [6.07, 6.45) is 3.55. The van der Waals surface area contributed by atoms with Gasteiger partial charge < -0.3 is 9.47 Å². The largest absolute Gasteiger partial charge is 0.489 e. The molecule has 35 heavy (non-hydrogen) atoms. The van der Waals surface area contributed by atoms with Crippen molar-refractivity contribution >= 4 is 0 Å². The van der Waals surface area contributed by atoms with E-state index in [1.165, 1.54) is 33.4 Å². The lowest BCUT2D eigenvalue weighted by Crippen LogP contribution is -2.29. The van der Waals surface area contributed by atoms with E-state index in [1.807, 2.05) is 0 Å². The molecule has 0 saturated carbocycles. The zero-order chi connectivity index (χ0) is 24.4. The van der Waals surface area contributed by atoms with Crippen molar-refractivity contribution in [2.75, 3.05) is 13.2 Å². The van der Waals surface area contributed by atoms with Gasteiger partial charge in [-0.05, 0) is 70.5 Å². The van der Waals surface area contributed by atoms with Crippen molar-refractivity contribution in [2.24, 2.45) is 0 Å². The van der Waals surface area contributed by atoms with Crippen LogP contribution in [0.5, 0.6) is 11.5 Å². The summed E-state index contributed by atoms with van der Waals surface area (Å²) < 4.78 is 11.8. The number of hydrogen-bond acceptors (Lipinski definition) is 2. The predicted molar refractivity (Wildman–Crippen MR) is 145 cm³/mol. The van der Waals surface area contributed by atoms with Crippen LogP contribution in [-0.4, -0.2) is 13.2 Å². The standard InChI is InChI=1S/C33H30O2/c1-5-19-34-31-17-15-25(21-23(31)3)33(26-16-18-32(24(4)22-26)35-20-6-2)29-13-9-7-11-27(29)28-12-8-10-14-30(28)33/h5-18,21-22H,1-2,19-20H2,3-4H3. The van der Waals surface area contributed by atoms with Crippen LogP contribution < -0.4 is 9.47 Å². The van der Waals surface area contributed by atoms with Crippen molar-refractivity contribution in [3.8, 4) is 22.6 Å². The summed E-state index contributed by atoms with van der Waals surface area (Å²) in [5.74, 6) is 1.76. The monoisotopic (exact) mass is 458 g/mol. The van der Waals surface area contributed by atoms with E-state index in [0.29, 0.717) is 13.2 Å². The lowest BCUT2D eigenvalue weighted by molar-refractivity contribution is 0.360. The number of ether oxygens (including phenoxy) is 2. The summed E-state index contributed by atoms with van der Waals surface area (Å²) in [6, 6.07) is 30.7. The molecule has 0 unspecified atom stereocenters. The third-order valence-corrected chi connectivity index (χ3v) is 6.88. The highest BCUT2D eigenvalue weighted by Gasteiger charge is 2.46. The van der Waals surface area contributed by atoms with Crippen molar-refractivity contribution in [1.82, 2.24) is 0 Å². The highest BCUT2D eigenvalue weighted by atomic mass is 16.5. The third kappa shape index (κ3) is 3.66. The molecule has 2 heteroatoms. The molecule has 0 spiro atoms. The Labute approximate surface area is 208 Å². The van der Waals surface area contributed by atoms with Crippen molar-refractivity contribution in [3.63, 3.8) is 0 Å². The van der Waals surface area contributed by atoms with Gasteiger partial charge in [-0.3, -0.25) is 0 Å². The zero-order valence-corrected chi connectivity index (χ0v) is 20.4. The maximum Gasteiger partial charge on any atom is 0.122 e. The van der Waals surface area contributed by atoms with Crippen molar-refractivity contribution in [1.29, 1.82) is 0 Å². The summed E-state index contributed by atoms with van der Waals surface area (Å²) in [4.78, 5) is 0. The fourth-order valence-electron chi connectivity index (χ4n) is 5.41. The molecular weight excluding hydrogens is 428 g/mol. The average molecular weight is 459 g/mol. The van der Waals surface area contributed by atoms with Gasteiger partial charge in [0.25, 0.3) is 0 Å². The summed E-state index contributed by atoms with van der Waals surface area (Å²) in [6.45, 7) is 12.8. The van der Waals surface area contributed by atoms with Gasteiger partial charge in [-0.15, -0.1) is 0 Å². The molecule has 0 amide bonds. The second-order valence-corrected chi connectivity index (χ2v) is 9.00. The Hall–Kier alpha value is -4.04. The van der Waals surface area contributed by atoms with Crippen molar-refractivity contribution in [3.05, 3.63) is 144 Å². The molecule has 0 bridgehead atoms. The first-order valence-corrected chi connectivity index (χ1v) is 12.0. The first-order chi connectivity index (χ1) is 17.1. The number of rotatable bonds is 8. The first kappa shape index (κ1) is 22.7. The van der Waals surface area contributed by atoms with Gasteiger partial charge in [-0.2, -0.15) is 0 Å². The van der Waals surface area contributed by atoms with Gasteiger partial charge in [0.2, 0.25) is 0 Å². The van der Waals surface area contributed by atoms with Crippen LogP contribution in [-0.2, 0) is 5.41 Å². The molecule has 174 valence electrons. The molecule has 5 rings (SSSR count). The molecule has 0 radical (unpaired) electrons. The van der Waals surface area contributed by atoms with Crippen LogP contribution in [0.15, 0.2) is 110 Å². The van der Waals surface area contributed by atoms with Gasteiger partial charge in [-0.1, -0.05) is 98.1 Å². The molecule has 0 aliphatic heterocycles. The second kappa shape index (κ2) is 9.31. The minimum Gasteiger partial charge on any atom is -0.489 e. The van der Waals surface area contributed by atoms with Crippen LogP contribution >= 0.6 is 0 Å². The van der Waals surface area contributed by atoms with Crippen LogP contribution in [0.1, 0.15) is 33.4 Å². The Morgan fingerprint density at radius 1 is 0.629 bits per heavy atom. The van der Waals surface area contributed by atoms with E-state index >= 15 is 0 Å². The molecule has 0 fully saturated rings. The molecule has 4 aromatic carbocycles. The average Bonchev–Trinajstić information content (AvgIpc) is 3.18. The van der Waals surface area contributed by atoms with E-state index in [2.05, 4.69) is 112 Å². The predicted octanol–water partition coefficient (Wildman–Crippen LogP) is 7.80. The summed E-state index contributed by atoms with van der Waals surface area (Å²) in [5, 5.41) is 0. The number of hydrogen-bond donors (Lipinski definition) is 0. The van der Waals surface area contributed by atoms with E-state index < -0.39 is 5.41 Å². The first-order valence-electron chi connectivity index (χ1n) is 12.0.